The number of amides is 1. The second-order valence-electron chi connectivity index (χ2n) is 6.37. The summed E-state index contributed by atoms with van der Waals surface area (Å²) in [5.41, 5.74) is 3.30. The van der Waals surface area contributed by atoms with Crippen molar-refractivity contribution in [1.29, 1.82) is 0 Å². The van der Waals surface area contributed by atoms with Gasteiger partial charge in [0.2, 0.25) is 5.91 Å². The van der Waals surface area contributed by atoms with Crippen molar-refractivity contribution in [3.05, 3.63) is 76.8 Å². The third kappa shape index (κ3) is 5.76. The molecule has 0 saturated heterocycles. The Morgan fingerprint density at radius 1 is 1.07 bits per heavy atom. The molecule has 0 aliphatic heterocycles. The van der Waals surface area contributed by atoms with Crippen LogP contribution in [0, 0.1) is 6.92 Å². The van der Waals surface area contributed by atoms with Crippen molar-refractivity contribution in [2.75, 3.05) is 13.2 Å². The van der Waals surface area contributed by atoms with Crippen LogP contribution in [0.3, 0.4) is 0 Å². The Morgan fingerprint density at radius 3 is 2.57 bits per heavy atom. The second-order valence-corrected chi connectivity index (χ2v) is 7.40. The van der Waals surface area contributed by atoms with Gasteiger partial charge in [0.05, 0.1) is 12.7 Å². The molecule has 0 saturated carbocycles. The van der Waals surface area contributed by atoms with Gasteiger partial charge in [0.1, 0.15) is 16.5 Å². The topological polar surface area (TPSA) is 68.3 Å². The molecule has 1 amide bonds. The van der Waals surface area contributed by atoms with Gasteiger partial charge >= 0.3 is 5.97 Å². The van der Waals surface area contributed by atoms with Gasteiger partial charge in [0.25, 0.3) is 0 Å². The number of aryl methyl sites for hydroxylation is 2. The molecule has 144 valence electrons. The molecule has 5 nitrogen and oxygen atoms in total. The minimum absolute atomic E-state index is 0.0548. The van der Waals surface area contributed by atoms with Gasteiger partial charge in [-0.05, 0) is 18.9 Å². The van der Waals surface area contributed by atoms with Gasteiger partial charge in [-0.1, -0.05) is 60.2 Å². The quantitative estimate of drug-likeness (QED) is 0.463. The molecule has 0 unspecified atom stereocenters. The van der Waals surface area contributed by atoms with Gasteiger partial charge in [0.15, 0.2) is 0 Å². The number of hydrogen-bond acceptors (Lipinski definition) is 5. The summed E-state index contributed by atoms with van der Waals surface area (Å²) in [7, 11) is 0. The molecule has 2 aromatic carbocycles. The molecule has 0 radical (unpaired) electrons. The predicted molar refractivity (Wildman–Crippen MR) is 110 cm³/mol. The fourth-order valence-electron chi connectivity index (χ4n) is 2.59. The van der Waals surface area contributed by atoms with Crippen molar-refractivity contribution < 1.29 is 14.3 Å². The summed E-state index contributed by atoms with van der Waals surface area (Å²) in [6.45, 7) is 2.46. The van der Waals surface area contributed by atoms with Gasteiger partial charge in [0, 0.05) is 12.0 Å². The van der Waals surface area contributed by atoms with Crippen LogP contribution in [0.2, 0.25) is 0 Å². The smallest absolute Gasteiger partial charge is 0.350 e. The summed E-state index contributed by atoms with van der Waals surface area (Å²) < 4.78 is 5.22. The summed E-state index contributed by atoms with van der Waals surface area (Å²) in [6, 6.07) is 17.8. The van der Waals surface area contributed by atoms with Gasteiger partial charge in [-0.3, -0.25) is 4.79 Å². The molecule has 0 aliphatic carbocycles. The van der Waals surface area contributed by atoms with Gasteiger partial charge in [-0.15, -0.1) is 11.3 Å². The predicted octanol–water partition coefficient (Wildman–Crippen LogP) is 4.02. The molecular weight excluding hydrogens is 372 g/mol. The summed E-state index contributed by atoms with van der Waals surface area (Å²) in [6.07, 6.45) is 2.62. The Morgan fingerprint density at radius 2 is 1.82 bits per heavy atom. The second kappa shape index (κ2) is 9.80. The third-order valence-corrected chi connectivity index (χ3v) is 5.17. The van der Waals surface area contributed by atoms with Crippen LogP contribution in [-0.4, -0.2) is 30.0 Å². The Balaban J connectivity index is 1.37. The van der Waals surface area contributed by atoms with E-state index in [0.29, 0.717) is 24.3 Å². The molecule has 1 N–H and O–H groups in total. The molecule has 28 heavy (non-hydrogen) atoms. The van der Waals surface area contributed by atoms with E-state index in [1.807, 2.05) is 61.5 Å². The fraction of sp³-hybridized carbons (Fsp3) is 0.227. The third-order valence-electron chi connectivity index (χ3n) is 4.15. The van der Waals surface area contributed by atoms with E-state index in [9.17, 15) is 9.59 Å². The largest absolute Gasteiger partial charge is 0.460 e. The number of carbonyl (C=O) groups excluding carboxylic acids is 2. The number of benzene rings is 2. The van der Waals surface area contributed by atoms with E-state index in [1.165, 1.54) is 23.1 Å². The van der Waals surface area contributed by atoms with E-state index in [2.05, 4.69) is 10.3 Å². The van der Waals surface area contributed by atoms with Crippen molar-refractivity contribution in [2.45, 2.75) is 19.8 Å². The van der Waals surface area contributed by atoms with Crippen LogP contribution in [0.4, 0.5) is 0 Å². The molecule has 0 spiro atoms. The molecule has 3 aromatic rings. The molecule has 0 atom stereocenters. The zero-order valence-corrected chi connectivity index (χ0v) is 16.5. The average molecular weight is 394 g/mol. The maximum Gasteiger partial charge on any atom is 0.350 e. The minimum Gasteiger partial charge on any atom is -0.460 e. The first-order chi connectivity index (χ1) is 13.6. The van der Waals surface area contributed by atoms with E-state index in [1.54, 1.807) is 0 Å². The molecule has 0 bridgehead atoms. The lowest BCUT2D eigenvalue weighted by Gasteiger charge is -2.06. The Hall–Kier alpha value is -2.99. The number of hydrogen-bond donors (Lipinski definition) is 1. The van der Waals surface area contributed by atoms with Crippen LogP contribution in [0.15, 0.2) is 60.8 Å². The lowest BCUT2D eigenvalue weighted by Crippen LogP contribution is -2.28. The van der Waals surface area contributed by atoms with Crippen molar-refractivity contribution in [3.8, 4) is 10.6 Å². The Labute approximate surface area is 168 Å². The van der Waals surface area contributed by atoms with Crippen molar-refractivity contribution >= 4 is 23.2 Å². The lowest BCUT2D eigenvalue weighted by molar-refractivity contribution is -0.121. The van der Waals surface area contributed by atoms with Gasteiger partial charge < -0.3 is 10.1 Å². The maximum atomic E-state index is 12.1. The number of aromatic nitrogens is 1. The van der Waals surface area contributed by atoms with Gasteiger partial charge in [-0.2, -0.15) is 0 Å². The zero-order chi connectivity index (χ0) is 19.8. The van der Waals surface area contributed by atoms with Crippen LogP contribution < -0.4 is 5.32 Å². The highest BCUT2D eigenvalue weighted by molar-refractivity contribution is 7.16. The summed E-state index contributed by atoms with van der Waals surface area (Å²) in [5, 5.41) is 3.55. The van der Waals surface area contributed by atoms with E-state index in [0.717, 1.165) is 16.1 Å². The minimum atomic E-state index is -0.423. The normalized spacial score (nSPS) is 10.5. The van der Waals surface area contributed by atoms with Crippen LogP contribution in [0.25, 0.3) is 10.6 Å². The van der Waals surface area contributed by atoms with E-state index >= 15 is 0 Å². The molecule has 1 aromatic heterocycles. The van der Waals surface area contributed by atoms with Crippen LogP contribution in [-0.2, 0) is 16.0 Å². The molecular formula is C22H22N2O3S. The Kier molecular flexibility index (Phi) is 6.92. The molecule has 0 aliphatic rings. The number of rotatable bonds is 8. The number of esters is 1. The highest BCUT2D eigenvalue weighted by Gasteiger charge is 2.13. The van der Waals surface area contributed by atoms with Crippen molar-refractivity contribution in [1.82, 2.24) is 10.3 Å². The van der Waals surface area contributed by atoms with E-state index in [4.69, 9.17) is 4.74 Å². The number of carbonyl (C=O) groups is 2. The van der Waals surface area contributed by atoms with Crippen molar-refractivity contribution in [3.63, 3.8) is 0 Å². The first-order valence-corrected chi connectivity index (χ1v) is 9.94. The van der Waals surface area contributed by atoms with Crippen molar-refractivity contribution in [2.24, 2.45) is 0 Å². The SMILES string of the molecule is Cc1ccc(CCC(=O)NCCOC(=O)c2cnc(-c3ccccc3)s2)cc1. The number of nitrogens with zero attached hydrogens (tertiary/aromatic N) is 1. The number of nitrogens with one attached hydrogen (secondary N) is 1. The molecule has 1 heterocycles. The average Bonchev–Trinajstić information content (AvgIpc) is 3.22. The lowest BCUT2D eigenvalue weighted by atomic mass is 10.1. The molecule has 3 rings (SSSR count). The monoisotopic (exact) mass is 394 g/mol. The first-order valence-electron chi connectivity index (χ1n) is 9.12. The standard InChI is InChI=1S/C22H22N2O3S/c1-16-7-9-17(10-8-16)11-12-20(25)23-13-14-27-22(26)19-15-24-21(28-19)18-5-3-2-4-6-18/h2-10,15H,11-14H2,1H3,(H,23,25). The summed E-state index contributed by atoms with van der Waals surface area (Å²) in [4.78, 5) is 28.7. The Bertz CT molecular complexity index is 920. The highest BCUT2D eigenvalue weighted by Crippen LogP contribution is 2.25. The maximum absolute atomic E-state index is 12.1. The van der Waals surface area contributed by atoms with E-state index < -0.39 is 5.97 Å². The van der Waals surface area contributed by atoms with Crippen LogP contribution in [0.1, 0.15) is 27.2 Å². The number of thiazole rings is 1. The summed E-state index contributed by atoms with van der Waals surface area (Å²) >= 11 is 1.29. The summed E-state index contributed by atoms with van der Waals surface area (Å²) in [5.74, 6) is -0.477. The highest BCUT2D eigenvalue weighted by atomic mass is 32.1. The number of ether oxygens (including phenoxy) is 1. The molecule has 6 heteroatoms. The van der Waals surface area contributed by atoms with Gasteiger partial charge in [-0.25, -0.2) is 9.78 Å². The van der Waals surface area contributed by atoms with Crippen LogP contribution >= 0.6 is 11.3 Å². The van der Waals surface area contributed by atoms with E-state index in [-0.39, 0.29) is 12.5 Å². The first kappa shape index (κ1) is 19.8. The van der Waals surface area contributed by atoms with Crippen LogP contribution in [0.5, 0.6) is 0 Å². The molecule has 0 fully saturated rings. The zero-order valence-electron chi connectivity index (χ0n) is 15.7. The fourth-order valence-corrected chi connectivity index (χ4v) is 3.40.